The van der Waals surface area contributed by atoms with E-state index in [0.717, 1.165) is 23.0 Å². The number of ether oxygens (including phenoxy) is 1. The summed E-state index contributed by atoms with van der Waals surface area (Å²) in [5.74, 6) is 1.06. The normalized spacial score (nSPS) is 13.7. The van der Waals surface area contributed by atoms with Crippen LogP contribution in [-0.4, -0.2) is 75.3 Å². The number of benzene rings is 1. The number of carbonyl (C=O) groups is 2. The molecule has 0 bridgehead atoms. The molecular formula is C24H23N7O3. The van der Waals surface area contributed by atoms with Crippen LogP contribution >= 0.6 is 0 Å². The quantitative estimate of drug-likeness (QED) is 0.428. The number of hydrogen-bond acceptors (Lipinski definition) is 7. The van der Waals surface area contributed by atoms with E-state index < -0.39 is 0 Å². The Kier molecular flexibility index (Phi) is 5.77. The lowest BCUT2D eigenvalue weighted by Gasteiger charge is -2.32. The van der Waals surface area contributed by atoms with Gasteiger partial charge in [-0.3, -0.25) is 14.6 Å². The highest BCUT2D eigenvalue weighted by Crippen LogP contribution is 2.24. The van der Waals surface area contributed by atoms with Crippen molar-refractivity contribution in [1.82, 2.24) is 29.7 Å². The third kappa shape index (κ3) is 4.38. The van der Waals surface area contributed by atoms with Gasteiger partial charge in [0.15, 0.2) is 0 Å². The SMILES string of the molecule is COc1ccnc(-c2ccnc(Nc3ccc4[nH]c(C(=O)N5CCN(C=O)CC5)cc4c3)n2)c1. The molecule has 0 aliphatic carbocycles. The first-order valence-electron chi connectivity index (χ1n) is 10.8. The van der Waals surface area contributed by atoms with E-state index in [-0.39, 0.29) is 5.91 Å². The zero-order valence-corrected chi connectivity index (χ0v) is 18.6. The molecule has 2 amide bonds. The third-order valence-corrected chi connectivity index (χ3v) is 5.74. The monoisotopic (exact) mass is 457 g/mol. The number of carbonyl (C=O) groups excluding carboxylic acids is 2. The molecule has 10 nitrogen and oxygen atoms in total. The molecule has 0 radical (unpaired) electrons. The van der Waals surface area contributed by atoms with Gasteiger partial charge in [-0.25, -0.2) is 9.97 Å². The van der Waals surface area contributed by atoms with E-state index in [1.54, 1.807) is 41.4 Å². The fourth-order valence-corrected chi connectivity index (χ4v) is 3.90. The second-order valence-electron chi connectivity index (χ2n) is 7.89. The predicted molar refractivity (Wildman–Crippen MR) is 127 cm³/mol. The van der Waals surface area contributed by atoms with Crippen LogP contribution < -0.4 is 10.1 Å². The number of piperazine rings is 1. The highest BCUT2D eigenvalue weighted by atomic mass is 16.5. The van der Waals surface area contributed by atoms with Gasteiger partial charge in [0.25, 0.3) is 5.91 Å². The van der Waals surface area contributed by atoms with Crippen molar-refractivity contribution in [2.45, 2.75) is 0 Å². The molecule has 34 heavy (non-hydrogen) atoms. The first kappa shape index (κ1) is 21.4. The average Bonchev–Trinajstić information content (AvgIpc) is 3.32. The summed E-state index contributed by atoms with van der Waals surface area (Å²) in [7, 11) is 1.61. The van der Waals surface area contributed by atoms with Crippen molar-refractivity contribution in [3.05, 3.63) is 60.6 Å². The molecule has 4 aromatic rings. The number of rotatable bonds is 6. The molecule has 5 rings (SSSR count). The summed E-state index contributed by atoms with van der Waals surface area (Å²) < 4.78 is 5.27. The lowest BCUT2D eigenvalue weighted by molar-refractivity contribution is -0.119. The Morgan fingerprint density at radius 1 is 1.03 bits per heavy atom. The van der Waals surface area contributed by atoms with Gasteiger partial charge < -0.3 is 24.8 Å². The van der Waals surface area contributed by atoms with Crippen LogP contribution in [0.3, 0.4) is 0 Å². The molecular weight excluding hydrogens is 434 g/mol. The first-order chi connectivity index (χ1) is 16.6. The number of H-pyrrole nitrogens is 1. The van der Waals surface area contributed by atoms with Crippen LogP contribution in [-0.2, 0) is 4.79 Å². The van der Waals surface area contributed by atoms with Gasteiger partial charge >= 0.3 is 0 Å². The van der Waals surface area contributed by atoms with Crippen molar-refractivity contribution in [2.75, 3.05) is 38.6 Å². The Morgan fingerprint density at radius 3 is 2.65 bits per heavy atom. The van der Waals surface area contributed by atoms with Crippen LogP contribution in [0.5, 0.6) is 5.75 Å². The Morgan fingerprint density at radius 2 is 1.85 bits per heavy atom. The van der Waals surface area contributed by atoms with E-state index in [9.17, 15) is 9.59 Å². The molecule has 2 N–H and O–H groups in total. The lowest BCUT2D eigenvalue weighted by atomic mass is 10.2. The van der Waals surface area contributed by atoms with Crippen molar-refractivity contribution >= 4 is 34.9 Å². The summed E-state index contributed by atoms with van der Waals surface area (Å²) in [6, 6.07) is 13.0. The fraction of sp³-hybridized carbons (Fsp3) is 0.208. The average molecular weight is 457 g/mol. The van der Waals surface area contributed by atoms with E-state index in [4.69, 9.17) is 4.74 Å². The van der Waals surface area contributed by atoms with Crippen LogP contribution in [0, 0.1) is 0 Å². The van der Waals surface area contributed by atoms with E-state index in [0.29, 0.717) is 55.0 Å². The smallest absolute Gasteiger partial charge is 0.270 e. The van der Waals surface area contributed by atoms with E-state index in [1.807, 2.05) is 30.3 Å². The lowest BCUT2D eigenvalue weighted by Crippen LogP contribution is -2.48. The number of pyridine rings is 1. The zero-order chi connectivity index (χ0) is 23.5. The second kappa shape index (κ2) is 9.18. The van der Waals surface area contributed by atoms with Crippen LogP contribution in [0.4, 0.5) is 11.6 Å². The maximum atomic E-state index is 12.9. The van der Waals surface area contributed by atoms with Crippen molar-refractivity contribution in [2.24, 2.45) is 0 Å². The highest BCUT2D eigenvalue weighted by Gasteiger charge is 2.22. The molecule has 1 saturated heterocycles. The minimum Gasteiger partial charge on any atom is -0.497 e. The van der Waals surface area contributed by atoms with Gasteiger partial charge in [-0.15, -0.1) is 0 Å². The van der Waals surface area contributed by atoms with Crippen molar-refractivity contribution < 1.29 is 14.3 Å². The molecule has 0 unspecified atom stereocenters. The third-order valence-electron chi connectivity index (χ3n) is 5.74. The number of amides is 2. The molecule has 1 aliphatic heterocycles. The minimum absolute atomic E-state index is 0.0712. The number of aromatic amines is 1. The second-order valence-corrected chi connectivity index (χ2v) is 7.89. The predicted octanol–water partition coefficient (Wildman–Crippen LogP) is 2.69. The summed E-state index contributed by atoms with van der Waals surface area (Å²) in [4.78, 5) is 43.7. The summed E-state index contributed by atoms with van der Waals surface area (Å²) in [5, 5.41) is 4.11. The van der Waals surface area contributed by atoms with Crippen LogP contribution in [0.25, 0.3) is 22.3 Å². The van der Waals surface area contributed by atoms with Gasteiger partial charge in [-0.05, 0) is 36.4 Å². The Hall–Kier alpha value is -4.47. The summed E-state index contributed by atoms with van der Waals surface area (Å²) in [5.41, 5.74) is 3.52. The van der Waals surface area contributed by atoms with Gasteiger partial charge in [-0.1, -0.05) is 0 Å². The molecule has 0 saturated carbocycles. The number of nitrogens with one attached hydrogen (secondary N) is 2. The van der Waals surface area contributed by atoms with Gasteiger partial charge in [0.05, 0.1) is 18.5 Å². The molecule has 172 valence electrons. The maximum absolute atomic E-state index is 12.9. The summed E-state index contributed by atoms with van der Waals surface area (Å²) in [6.45, 7) is 2.15. The van der Waals surface area contributed by atoms with Crippen LogP contribution in [0.1, 0.15) is 10.5 Å². The summed E-state index contributed by atoms with van der Waals surface area (Å²) in [6.07, 6.45) is 4.16. The molecule has 4 heterocycles. The molecule has 3 aromatic heterocycles. The van der Waals surface area contributed by atoms with Crippen LogP contribution in [0.2, 0.25) is 0 Å². The van der Waals surface area contributed by atoms with E-state index >= 15 is 0 Å². The molecule has 0 atom stereocenters. The van der Waals surface area contributed by atoms with Crippen molar-refractivity contribution in [1.29, 1.82) is 0 Å². The number of nitrogens with zero attached hydrogens (tertiary/aromatic N) is 5. The number of anilines is 2. The minimum atomic E-state index is -0.0712. The summed E-state index contributed by atoms with van der Waals surface area (Å²) >= 11 is 0. The topological polar surface area (TPSA) is 116 Å². The number of fused-ring (bicyclic) bond motifs is 1. The standard InChI is InChI=1S/C24H23N7O3/c1-34-18-4-6-25-21(14-18)20-5-7-26-24(29-20)27-17-2-3-19-16(12-17)13-22(28-19)23(33)31-10-8-30(15-32)9-11-31/h2-7,12-15,28H,8-11H2,1H3,(H,26,27,29). The van der Waals surface area contributed by atoms with Gasteiger partial charge in [0.1, 0.15) is 11.4 Å². The maximum Gasteiger partial charge on any atom is 0.270 e. The number of hydrogen-bond donors (Lipinski definition) is 2. The number of aromatic nitrogens is 4. The Bertz CT molecular complexity index is 1350. The van der Waals surface area contributed by atoms with E-state index in [1.165, 1.54) is 0 Å². The van der Waals surface area contributed by atoms with Gasteiger partial charge in [0, 0.05) is 61.2 Å². The fourth-order valence-electron chi connectivity index (χ4n) is 3.90. The largest absolute Gasteiger partial charge is 0.497 e. The van der Waals surface area contributed by atoms with Crippen LogP contribution in [0.15, 0.2) is 54.9 Å². The zero-order valence-electron chi connectivity index (χ0n) is 18.6. The van der Waals surface area contributed by atoms with Gasteiger partial charge in [-0.2, -0.15) is 0 Å². The van der Waals surface area contributed by atoms with E-state index in [2.05, 4.69) is 25.3 Å². The molecule has 1 fully saturated rings. The molecule has 1 aromatic carbocycles. The first-order valence-corrected chi connectivity index (χ1v) is 10.8. The van der Waals surface area contributed by atoms with Crippen molar-refractivity contribution in [3.63, 3.8) is 0 Å². The van der Waals surface area contributed by atoms with Crippen molar-refractivity contribution in [3.8, 4) is 17.1 Å². The Labute approximate surface area is 195 Å². The van der Waals surface area contributed by atoms with Gasteiger partial charge in [0.2, 0.25) is 12.4 Å². The molecule has 10 heteroatoms. The molecule has 0 spiro atoms. The number of methoxy groups -OCH3 is 1. The molecule has 1 aliphatic rings. The Balaban J connectivity index is 1.33. The highest BCUT2D eigenvalue weighted by molar-refractivity contribution is 5.98.